The van der Waals surface area contributed by atoms with Crippen LogP contribution in [0.4, 0.5) is 13.9 Å². The highest BCUT2D eigenvalue weighted by molar-refractivity contribution is 7.13. The van der Waals surface area contributed by atoms with Crippen LogP contribution in [0.1, 0.15) is 28.2 Å². The first kappa shape index (κ1) is 18.2. The van der Waals surface area contributed by atoms with Gasteiger partial charge in [-0.2, -0.15) is 5.10 Å². The number of carbonyl (C=O) groups excluding carboxylic acids is 1. The van der Waals surface area contributed by atoms with E-state index in [0.29, 0.717) is 24.5 Å². The monoisotopic (exact) mass is 415 g/mol. The molecule has 3 heterocycles. The van der Waals surface area contributed by atoms with E-state index in [1.807, 2.05) is 10.3 Å². The molecule has 0 bridgehead atoms. The van der Waals surface area contributed by atoms with E-state index < -0.39 is 11.6 Å². The summed E-state index contributed by atoms with van der Waals surface area (Å²) in [6.07, 6.45) is 4.26. The number of anilines is 1. The molecular weight excluding hydrogens is 396 g/mol. The van der Waals surface area contributed by atoms with Gasteiger partial charge in [-0.05, 0) is 31.4 Å². The van der Waals surface area contributed by atoms with Crippen LogP contribution in [0.15, 0.2) is 29.8 Å². The number of piperazine rings is 1. The van der Waals surface area contributed by atoms with Gasteiger partial charge < -0.3 is 9.80 Å². The number of benzene rings is 1. The molecule has 9 heteroatoms. The number of amides is 1. The lowest BCUT2D eigenvalue weighted by Crippen LogP contribution is -2.49. The average Bonchev–Trinajstić information content (AvgIpc) is 3.48. The summed E-state index contributed by atoms with van der Waals surface area (Å²) in [5, 5.41) is 7.45. The molecule has 1 aromatic carbocycles. The Hall–Kier alpha value is -2.81. The molecule has 0 atom stereocenters. The van der Waals surface area contributed by atoms with Crippen molar-refractivity contribution < 1.29 is 13.6 Å². The highest BCUT2D eigenvalue weighted by Gasteiger charge is 2.31. The zero-order chi connectivity index (χ0) is 20.0. The molecule has 0 saturated carbocycles. The first-order valence-corrected chi connectivity index (χ1v) is 10.5. The Labute approximate surface area is 170 Å². The Morgan fingerprint density at radius 1 is 1.07 bits per heavy atom. The van der Waals surface area contributed by atoms with Crippen molar-refractivity contribution in [2.45, 2.75) is 19.3 Å². The Morgan fingerprint density at radius 2 is 1.90 bits per heavy atom. The van der Waals surface area contributed by atoms with E-state index >= 15 is 0 Å². The van der Waals surface area contributed by atoms with Gasteiger partial charge in [0.1, 0.15) is 0 Å². The maximum atomic E-state index is 13.7. The van der Waals surface area contributed by atoms with Crippen molar-refractivity contribution in [2.75, 3.05) is 31.1 Å². The lowest BCUT2D eigenvalue weighted by molar-refractivity contribution is 0.0739. The van der Waals surface area contributed by atoms with Gasteiger partial charge in [0.25, 0.3) is 5.91 Å². The zero-order valence-electron chi connectivity index (χ0n) is 15.6. The third kappa shape index (κ3) is 3.19. The zero-order valence-corrected chi connectivity index (χ0v) is 16.5. The lowest BCUT2D eigenvalue weighted by atomic mass is 10.1. The van der Waals surface area contributed by atoms with E-state index in [4.69, 9.17) is 0 Å². The number of rotatable bonds is 3. The average molecular weight is 415 g/mol. The van der Waals surface area contributed by atoms with Crippen LogP contribution in [-0.2, 0) is 12.8 Å². The summed E-state index contributed by atoms with van der Waals surface area (Å²) in [6, 6.07) is 3.71. The fourth-order valence-corrected chi connectivity index (χ4v) is 4.76. The number of carbonyl (C=O) groups is 1. The van der Waals surface area contributed by atoms with Gasteiger partial charge in [-0.25, -0.2) is 18.4 Å². The minimum atomic E-state index is -0.920. The molecule has 1 amide bonds. The van der Waals surface area contributed by atoms with E-state index in [-0.39, 0.29) is 5.91 Å². The maximum Gasteiger partial charge on any atom is 0.274 e. The van der Waals surface area contributed by atoms with E-state index in [9.17, 15) is 13.6 Å². The quantitative estimate of drug-likeness (QED) is 0.660. The molecule has 0 spiro atoms. The van der Waals surface area contributed by atoms with Crippen molar-refractivity contribution >= 4 is 22.4 Å². The van der Waals surface area contributed by atoms with Crippen molar-refractivity contribution in [1.29, 1.82) is 0 Å². The van der Waals surface area contributed by atoms with Crippen LogP contribution in [0.5, 0.6) is 0 Å². The highest BCUT2D eigenvalue weighted by Crippen LogP contribution is 2.29. The van der Waals surface area contributed by atoms with Gasteiger partial charge in [-0.3, -0.25) is 4.79 Å². The van der Waals surface area contributed by atoms with Crippen LogP contribution < -0.4 is 4.90 Å². The van der Waals surface area contributed by atoms with E-state index in [1.54, 1.807) is 22.2 Å². The molecule has 2 aromatic heterocycles. The molecular formula is C20H19F2N5OS. The normalized spacial score (nSPS) is 16.3. The number of halogens is 2. The summed E-state index contributed by atoms with van der Waals surface area (Å²) >= 11 is 1.59. The SMILES string of the molecule is O=C(c1nn(-c2ccc(F)c(F)c2)c2c1CCC2)N1CCN(c2nccs2)CC1. The molecule has 5 rings (SSSR count). The molecule has 2 aliphatic rings. The summed E-state index contributed by atoms with van der Waals surface area (Å²) in [4.78, 5) is 21.5. The lowest BCUT2D eigenvalue weighted by Gasteiger charge is -2.34. The predicted molar refractivity (Wildman–Crippen MR) is 106 cm³/mol. The number of nitrogens with zero attached hydrogens (tertiary/aromatic N) is 5. The van der Waals surface area contributed by atoms with Crippen molar-refractivity contribution in [2.24, 2.45) is 0 Å². The van der Waals surface area contributed by atoms with Crippen LogP contribution in [0.25, 0.3) is 5.69 Å². The van der Waals surface area contributed by atoms with Gasteiger partial charge in [0.15, 0.2) is 22.5 Å². The van der Waals surface area contributed by atoms with Crippen molar-refractivity contribution in [1.82, 2.24) is 19.7 Å². The molecule has 0 radical (unpaired) electrons. The van der Waals surface area contributed by atoms with Gasteiger partial charge in [0.2, 0.25) is 0 Å². The Balaban J connectivity index is 1.40. The van der Waals surface area contributed by atoms with Crippen molar-refractivity contribution in [3.63, 3.8) is 0 Å². The van der Waals surface area contributed by atoms with Gasteiger partial charge in [-0.1, -0.05) is 0 Å². The summed E-state index contributed by atoms with van der Waals surface area (Å²) in [7, 11) is 0. The summed E-state index contributed by atoms with van der Waals surface area (Å²) < 4.78 is 28.7. The van der Waals surface area contributed by atoms with Gasteiger partial charge in [0, 0.05) is 55.1 Å². The molecule has 0 unspecified atom stereocenters. The third-order valence-corrected chi connectivity index (χ3v) is 6.37. The fraction of sp³-hybridized carbons (Fsp3) is 0.350. The minimum absolute atomic E-state index is 0.0942. The summed E-state index contributed by atoms with van der Waals surface area (Å²) in [6.45, 7) is 2.66. The Kier molecular flexibility index (Phi) is 4.54. The van der Waals surface area contributed by atoms with Gasteiger partial charge >= 0.3 is 0 Å². The predicted octanol–water partition coefficient (Wildman–Crippen LogP) is 3.06. The van der Waals surface area contributed by atoms with Gasteiger partial charge in [0.05, 0.1) is 5.69 Å². The van der Waals surface area contributed by atoms with Crippen LogP contribution >= 0.6 is 11.3 Å². The molecule has 0 N–H and O–H groups in total. The van der Waals surface area contributed by atoms with Crippen molar-refractivity contribution in [3.05, 3.63) is 58.4 Å². The second-order valence-electron chi connectivity index (χ2n) is 7.23. The number of thiazole rings is 1. The van der Waals surface area contributed by atoms with Crippen LogP contribution in [-0.4, -0.2) is 51.8 Å². The molecule has 1 fully saturated rings. The Morgan fingerprint density at radius 3 is 2.62 bits per heavy atom. The topological polar surface area (TPSA) is 54.3 Å². The largest absolute Gasteiger partial charge is 0.345 e. The third-order valence-electron chi connectivity index (χ3n) is 5.54. The molecule has 1 aliphatic carbocycles. The molecule has 1 saturated heterocycles. The van der Waals surface area contributed by atoms with Gasteiger partial charge in [-0.15, -0.1) is 11.3 Å². The Bertz CT molecular complexity index is 1060. The van der Waals surface area contributed by atoms with E-state index in [0.717, 1.165) is 60.9 Å². The number of aromatic nitrogens is 3. The second-order valence-corrected chi connectivity index (χ2v) is 8.10. The summed E-state index contributed by atoms with van der Waals surface area (Å²) in [5.41, 5.74) is 2.72. The molecule has 6 nitrogen and oxygen atoms in total. The second kappa shape index (κ2) is 7.22. The van der Waals surface area contributed by atoms with E-state index in [2.05, 4.69) is 15.0 Å². The summed E-state index contributed by atoms with van der Waals surface area (Å²) in [5.74, 6) is -1.91. The molecule has 150 valence electrons. The van der Waals surface area contributed by atoms with Crippen LogP contribution in [0.2, 0.25) is 0 Å². The number of hydrogen-bond acceptors (Lipinski definition) is 5. The van der Waals surface area contributed by atoms with Crippen LogP contribution in [0, 0.1) is 11.6 Å². The van der Waals surface area contributed by atoms with E-state index in [1.165, 1.54) is 6.07 Å². The maximum absolute atomic E-state index is 13.7. The first-order chi connectivity index (χ1) is 14.1. The minimum Gasteiger partial charge on any atom is -0.345 e. The highest BCUT2D eigenvalue weighted by atomic mass is 32.1. The smallest absolute Gasteiger partial charge is 0.274 e. The first-order valence-electron chi connectivity index (χ1n) is 9.62. The van der Waals surface area contributed by atoms with Crippen LogP contribution in [0.3, 0.4) is 0 Å². The molecule has 3 aromatic rings. The standard InChI is InChI=1S/C20H19F2N5OS/c21-15-5-4-13(12-16(15)22)27-17-3-1-2-14(17)18(24-27)19(28)25-7-9-26(10-8-25)20-23-6-11-29-20/h4-6,11-12H,1-3,7-10H2. The van der Waals surface area contributed by atoms with Crippen molar-refractivity contribution in [3.8, 4) is 5.69 Å². The number of fused-ring (bicyclic) bond motifs is 1. The molecule has 1 aliphatic heterocycles. The number of hydrogen-bond donors (Lipinski definition) is 0. The fourth-order valence-electron chi connectivity index (χ4n) is 4.06. The molecule has 29 heavy (non-hydrogen) atoms.